The number of halogens is 1. The van der Waals surface area contributed by atoms with Crippen LogP contribution < -0.4 is 0 Å². The first kappa shape index (κ1) is 17.9. The van der Waals surface area contributed by atoms with Gasteiger partial charge < -0.3 is 0 Å². The van der Waals surface area contributed by atoms with E-state index in [2.05, 4.69) is 13.2 Å². The van der Waals surface area contributed by atoms with Crippen LogP contribution in [0.1, 0.15) is 29.2 Å². The Balaban J connectivity index is 2.28. The highest BCUT2D eigenvalue weighted by Gasteiger charge is 2.15. The summed E-state index contributed by atoms with van der Waals surface area (Å²) in [5.74, 6) is 0.0752. The number of carbonyl (C=O) groups is 1. The van der Waals surface area contributed by atoms with Crippen LogP contribution in [0.4, 0.5) is 0 Å². The first-order valence-electron chi connectivity index (χ1n) is 7.62. The lowest BCUT2D eigenvalue weighted by Crippen LogP contribution is -2.06. The second kappa shape index (κ2) is 7.41. The molecule has 0 amide bonds. The van der Waals surface area contributed by atoms with E-state index in [0.29, 0.717) is 28.2 Å². The average molecular weight is 338 g/mol. The molecule has 3 heteroatoms. The molecule has 0 aliphatic heterocycles. The van der Waals surface area contributed by atoms with Gasteiger partial charge in [0.15, 0.2) is 0 Å². The predicted molar refractivity (Wildman–Crippen MR) is 102 cm³/mol. The molecule has 0 heterocycles. The van der Waals surface area contributed by atoms with E-state index in [1.807, 2.05) is 37.3 Å². The van der Waals surface area contributed by atoms with E-state index in [9.17, 15) is 4.79 Å². The summed E-state index contributed by atoms with van der Waals surface area (Å²) in [7, 11) is 0. The average Bonchev–Trinajstić information content (AvgIpc) is 2.53. The van der Waals surface area contributed by atoms with Gasteiger partial charge in [-0.05, 0) is 42.2 Å². The van der Waals surface area contributed by atoms with Crippen molar-refractivity contribution in [2.75, 3.05) is 0 Å². The minimum atomic E-state index is 0.0752. The van der Waals surface area contributed by atoms with Gasteiger partial charge in [0.2, 0.25) is 0 Å². The Bertz CT molecular complexity index is 849. The number of hydrogen-bond donors (Lipinski definition) is 1. The quantitative estimate of drug-likeness (QED) is 0.555. The van der Waals surface area contributed by atoms with Crippen LogP contribution in [0.25, 0.3) is 5.57 Å². The fourth-order valence-corrected chi connectivity index (χ4v) is 2.84. The van der Waals surface area contributed by atoms with E-state index < -0.39 is 0 Å². The van der Waals surface area contributed by atoms with Gasteiger partial charge >= 0.3 is 0 Å². The van der Waals surface area contributed by atoms with E-state index in [-0.39, 0.29) is 11.5 Å². The van der Waals surface area contributed by atoms with Crippen molar-refractivity contribution in [1.82, 2.24) is 0 Å². The number of allylic oxidation sites excluding steroid dienone is 2. The molecule has 0 aromatic heterocycles. The summed E-state index contributed by atoms with van der Waals surface area (Å²) in [6, 6.07) is 13.2. The molecule has 0 radical (unpaired) electrons. The highest BCUT2D eigenvalue weighted by Crippen LogP contribution is 2.28. The van der Waals surface area contributed by atoms with Crippen LogP contribution in [-0.2, 0) is 11.2 Å². The molecule has 2 nitrogen and oxygen atoms in total. The van der Waals surface area contributed by atoms with Crippen molar-refractivity contribution in [3.05, 3.63) is 88.5 Å². The molecule has 0 fully saturated rings. The number of benzene rings is 2. The predicted octanol–water partition coefficient (Wildman–Crippen LogP) is 5.42. The fourth-order valence-electron chi connectivity index (χ4n) is 2.55. The third kappa shape index (κ3) is 3.90. The highest BCUT2D eigenvalue weighted by molar-refractivity contribution is 6.36. The van der Waals surface area contributed by atoms with E-state index in [1.54, 1.807) is 12.1 Å². The lowest BCUT2D eigenvalue weighted by molar-refractivity contribution is -0.116. The van der Waals surface area contributed by atoms with E-state index in [4.69, 9.17) is 17.0 Å². The van der Waals surface area contributed by atoms with Gasteiger partial charge in [-0.1, -0.05) is 61.2 Å². The zero-order chi connectivity index (χ0) is 17.9. The van der Waals surface area contributed by atoms with Crippen LogP contribution in [0.2, 0.25) is 5.02 Å². The Kier molecular flexibility index (Phi) is 5.53. The lowest BCUT2D eigenvalue weighted by atomic mass is 9.91. The number of ketones is 1. The number of nitrogens with one attached hydrogen (secondary N) is 1. The monoisotopic (exact) mass is 337 g/mol. The van der Waals surface area contributed by atoms with Crippen LogP contribution in [0.5, 0.6) is 0 Å². The van der Waals surface area contributed by atoms with Crippen molar-refractivity contribution in [2.24, 2.45) is 0 Å². The van der Waals surface area contributed by atoms with Gasteiger partial charge in [0.25, 0.3) is 0 Å². The molecule has 0 saturated carbocycles. The van der Waals surface area contributed by atoms with E-state index in [0.717, 1.165) is 16.7 Å². The van der Waals surface area contributed by atoms with Crippen molar-refractivity contribution in [1.29, 1.82) is 5.41 Å². The summed E-state index contributed by atoms with van der Waals surface area (Å²) in [5.41, 5.74) is 4.96. The second-order valence-corrected chi connectivity index (χ2v) is 6.25. The maximum Gasteiger partial charge on any atom is 0.134 e. The van der Waals surface area contributed by atoms with Crippen molar-refractivity contribution in [3.63, 3.8) is 0 Å². The molecule has 2 rings (SSSR count). The summed E-state index contributed by atoms with van der Waals surface area (Å²) in [5, 5.41) is 8.87. The molecule has 0 aliphatic carbocycles. The maximum atomic E-state index is 11.2. The zero-order valence-corrected chi connectivity index (χ0v) is 14.7. The number of aryl methyl sites for hydroxylation is 1. The minimum absolute atomic E-state index is 0.0752. The molecule has 1 N–H and O–H groups in total. The molecule has 0 unspecified atom stereocenters. The second-order valence-electron chi connectivity index (χ2n) is 5.84. The van der Waals surface area contributed by atoms with Crippen LogP contribution in [0, 0.1) is 12.3 Å². The van der Waals surface area contributed by atoms with E-state index in [1.165, 1.54) is 6.92 Å². The van der Waals surface area contributed by atoms with Crippen molar-refractivity contribution in [2.45, 2.75) is 20.3 Å². The van der Waals surface area contributed by atoms with Gasteiger partial charge in [-0.2, -0.15) is 0 Å². The zero-order valence-electron chi connectivity index (χ0n) is 13.9. The van der Waals surface area contributed by atoms with Gasteiger partial charge in [0.05, 0.1) is 10.7 Å². The summed E-state index contributed by atoms with van der Waals surface area (Å²) in [4.78, 5) is 11.2. The third-order valence-corrected chi connectivity index (χ3v) is 4.20. The highest BCUT2D eigenvalue weighted by atomic mass is 35.5. The van der Waals surface area contributed by atoms with Crippen LogP contribution in [0.3, 0.4) is 0 Å². The summed E-state index contributed by atoms with van der Waals surface area (Å²) in [6.07, 6.45) is 0.337. The molecular weight excluding hydrogens is 318 g/mol. The lowest BCUT2D eigenvalue weighted by Gasteiger charge is -2.15. The van der Waals surface area contributed by atoms with Crippen molar-refractivity contribution >= 4 is 28.7 Å². The van der Waals surface area contributed by atoms with Gasteiger partial charge in [0.1, 0.15) is 5.78 Å². The molecule has 0 atom stereocenters. The minimum Gasteiger partial charge on any atom is -0.300 e. The van der Waals surface area contributed by atoms with Crippen molar-refractivity contribution in [3.8, 4) is 0 Å². The first-order chi connectivity index (χ1) is 11.3. The molecular formula is C21H20ClNO. The van der Waals surface area contributed by atoms with Gasteiger partial charge in [-0.15, -0.1) is 0 Å². The van der Waals surface area contributed by atoms with Gasteiger partial charge in [0, 0.05) is 17.6 Å². The van der Waals surface area contributed by atoms with Crippen LogP contribution >= 0.6 is 11.6 Å². The molecule has 2 aromatic carbocycles. The smallest absolute Gasteiger partial charge is 0.134 e. The Morgan fingerprint density at radius 3 is 2.38 bits per heavy atom. The largest absolute Gasteiger partial charge is 0.300 e. The Morgan fingerprint density at radius 1 is 1.12 bits per heavy atom. The molecule has 0 bridgehead atoms. The molecule has 24 heavy (non-hydrogen) atoms. The van der Waals surface area contributed by atoms with E-state index >= 15 is 0 Å². The molecule has 0 aliphatic rings. The molecule has 2 aromatic rings. The maximum absolute atomic E-state index is 11.2. The summed E-state index contributed by atoms with van der Waals surface area (Å²) >= 11 is 6.31. The van der Waals surface area contributed by atoms with Gasteiger partial charge in [-0.25, -0.2) is 0 Å². The number of Topliss-reactive ketones (excluding diaryl/α,β-unsaturated/α-hetero) is 1. The molecule has 0 saturated heterocycles. The summed E-state index contributed by atoms with van der Waals surface area (Å²) in [6.45, 7) is 11.7. The van der Waals surface area contributed by atoms with Gasteiger partial charge in [-0.3, -0.25) is 10.2 Å². The standard InChI is InChI=1S/C21H20ClNO/c1-13-7-5-6-8-18(13)15(3)16(4)21(23)19-10-9-17(11-14(2)24)12-20(19)22/h5-10,12,23H,3-4,11H2,1-2H3. The molecule has 122 valence electrons. The molecule has 0 spiro atoms. The number of hydrogen-bond acceptors (Lipinski definition) is 2. The van der Waals surface area contributed by atoms with Crippen LogP contribution in [-0.4, -0.2) is 11.5 Å². The van der Waals surface area contributed by atoms with Crippen molar-refractivity contribution < 1.29 is 4.79 Å². The first-order valence-corrected chi connectivity index (χ1v) is 8.00. The Hall–Kier alpha value is -2.45. The third-order valence-electron chi connectivity index (χ3n) is 3.89. The van der Waals surface area contributed by atoms with Crippen LogP contribution in [0.15, 0.2) is 61.2 Å². The Labute approximate surface area is 148 Å². The number of rotatable bonds is 6. The number of carbonyl (C=O) groups excluding carboxylic acids is 1. The Morgan fingerprint density at radius 2 is 1.79 bits per heavy atom. The topological polar surface area (TPSA) is 40.9 Å². The normalized spacial score (nSPS) is 10.3. The fraction of sp³-hybridized carbons (Fsp3) is 0.143. The summed E-state index contributed by atoms with van der Waals surface area (Å²) < 4.78 is 0. The SMILES string of the molecule is C=C(C(=C)c1ccccc1C)C(=N)c1ccc(CC(C)=O)cc1Cl.